The summed E-state index contributed by atoms with van der Waals surface area (Å²) in [6, 6.07) is 3.61. The van der Waals surface area contributed by atoms with Crippen molar-refractivity contribution in [2.75, 3.05) is 5.32 Å². The van der Waals surface area contributed by atoms with Crippen LogP contribution in [0.4, 0.5) is 10.1 Å². The molecular formula is C12H12FN5O3. The van der Waals surface area contributed by atoms with Crippen LogP contribution in [-0.2, 0) is 17.9 Å². The number of carboxylic acid groups (broad SMARTS) is 1. The van der Waals surface area contributed by atoms with Gasteiger partial charge in [0.2, 0.25) is 0 Å². The van der Waals surface area contributed by atoms with E-state index in [1.807, 2.05) is 0 Å². The number of nitrogens with zero attached hydrogens (tertiary/aromatic N) is 3. The Morgan fingerprint density at radius 2 is 2.19 bits per heavy atom. The highest BCUT2D eigenvalue weighted by Crippen LogP contribution is 2.17. The largest absolute Gasteiger partial charge is 0.480 e. The Kier molecular flexibility index (Phi) is 4.12. The van der Waals surface area contributed by atoms with Crippen LogP contribution in [0.25, 0.3) is 0 Å². The van der Waals surface area contributed by atoms with Crippen LogP contribution >= 0.6 is 0 Å². The van der Waals surface area contributed by atoms with Gasteiger partial charge in [0.05, 0.1) is 18.3 Å². The van der Waals surface area contributed by atoms with Gasteiger partial charge in [-0.05, 0) is 18.2 Å². The topological polar surface area (TPSA) is 123 Å². The molecule has 0 aliphatic carbocycles. The molecule has 0 aliphatic rings. The number of hydrogen-bond acceptors (Lipinski definition) is 5. The monoisotopic (exact) mass is 293 g/mol. The third kappa shape index (κ3) is 3.75. The number of benzene rings is 1. The SMILES string of the molecule is NC(=O)c1cc(F)ccc1NCc1cn(CC(=O)O)nn1. The van der Waals surface area contributed by atoms with Gasteiger partial charge in [-0.25, -0.2) is 9.07 Å². The zero-order valence-corrected chi connectivity index (χ0v) is 10.8. The molecule has 9 heteroatoms. The first-order valence-electron chi connectivity index (χ1n) is 5.89. The molecule has 1 aromatic heterocycles. The third-order valence-electron chi connectivity index (χ3n) is 2.59. The molecule has 0 fully saturated rings. The molecule has 2 aromatic rings. The average molecular weight is 293 g/mol. The maximum Gasteiger partial charge on any atom is 0.325 e. The lowest BCUT2D eigenvalue weighted by Crippen LogP contribution is -2.15. The van der Waals surface area contributed by atoms with Crippen LogP contribution in [0, 0.1) is 5.82 Å². The molecule has 0 bridgehead atoms. The van der Waals surface area contributed by atoms with Gasteiger partial charge in [0.25, 0.3) is 5.91 Å². The summed E-state index contributed by atoms with van der Waals surface area (Å²) in [5.41, 5.74) is 6.02. The molecule has 1 amide bonds. The molecular weight excluding hydrogens is 281 g/mol. The molecule has 0 radical (unpaired) electrons. The van der Waals surface area contributed by atoms with Gasteiger partial charge in [0.1, 0.15) is 18.1 Å². The summed E-state index contributed by atoms with van der Waals surface area (Å²) in [4.78, 5) is 21.7. The quantitative estimate of drug-likeness (QED) is 0.699. The van der Waals surface area contributed by atoms with Gasteiger partial charge in [-0.1, -0.05) is 5.21 Å². The number of amides is 1. The lowest BCUT2D eigenvalue weighted by Gasteiger charge is -2.08. The number of carboxylic acids is 1. The standard InChI is InChI=1S/C12H12FN5O3/c13-7-1-2-10(9(3-7)12(14)21)15-4-8-5-18(17-16-8)6-11(19)20/h1-3,5,15H,4,6H2,(H2,14,21)(H,19,20). The molecule has 21 heavy (non-hydrogen) atoms. The van der Waals surface area contributed by atoms with E-state index >= 15 is 0 Å². The lowest BCUT2D eigenvalue weighted by atomic mass is 10.1. The Bertz CT molecular complexity index is 685. The number of aliphatic carboxylic acids is 1. The number of carbonyl (C=O) groups is 2. The van der Waals surface area contributed by atoms with Crippen LogP contribution in [0.15, 0.2) is 24.4 Å². The van der Waals surface area contributed by atoms with Crippen LogP contribution in [0.2, 0.25) is 0 Å². The fraction of sp³-hybridized carbons (Fsp3) is 0.167. The number of primary amides is 1. The zero-order chi connectivity index (χ0) is 15.4. The van der Waals surface area contributed by atoms with Crippen LogP contribution < -0.4 is 11.1 Å². The van der Waals surface area contributed by atoms with Crippen LogP contribution in [-0.4, -0.2) is 32.0 Å². The number of carbonyl (C=O) groups excluding carboxylic acids is 1. The Morgan fingerprint density at radius 3 is 2.86 bits per heavy atom. The van der Waals surface area contributed by atoms with Gasteiger partial charge in [0.15, 0.2) is 0 Å². The van der Waals surface area contributed by atoms with Crippen molar-refractivity contribution in [2.24, 2.45) is 5.73 Å². The van der Waals surface area contributed by atoms with Crippen molar-refractivity contribution in [3.63, 3.8) is 0 Å². The van der Waals surface area contributed by atoms with Crippen LogP contribution in [0.3, 0.4) is 0 Å². The average Bonchev–Trinajstić information content (AvgIpc) is 2.83. The number of rotatable bonds is 6. The fourth-order valence-electron chi connectivity index (χ4n) is 1.70. The zero-order valence-electron chi connectivity index (χ0n) is 10.8. The minimum atomic E-state index is -1.03. The van der Waals surface area contributed by atoms with E-state index < -0.39 is 17.7 Å². The second-order valence-corrected chi connectivity index (χ2v) is 4.21. The molecule has 8 nitrogen and oxygen atoms in total. The van der Waals surface area contributed by atoms with E-state index in [2.05, 4.69) is 15.6 Å². The van der Waals surface area contributed by atoms with E-state index in [0.717, 1.165) is 6.07 Å². The number of anilines is 1. The van der Waals surface area contributed by atoms with Crippen molar-refractivity contribution in [3.8, 4) is 0 Å². The maximum atomic E-state index is 13.1. The summed E-state index contributed by atoms with van der Waals surface area (Å²) in [5.74, 6) is -2.36. The van der Waals surface area contributed by atoms with E-state index in [9.17, 15) is 14.0 Å². The second kappa shape index (κ2) is 5.99. The van der Waals surface area contributed by atoms with Crippen LogP contribution in [0.5, 0.6) is 0 Å². The summed E-state index contributed by atoms with van der Waals surface area (Å²) in [5, 5.41) is 18.9. The van der Waals surface area contributed by atoms with Crippen molar-refractivity contribution in [2.45, 2.75) is 13.1 Å². The van der Waals surface area contributed by atoms with Gasteiger partial charge < -0.3 is 16.2 Å². The highest BCUT2D eigenvalue weighted by atomic mass is 19.1. The van der Waals surface area contributed by atoms with Gasteiger partial charge in [-0.3, -0.25) is 9.59 Å². The number of nitrogens with two attached hydrogens (primary N) is 1. The molecule has 1 heterocycles. The number of nitrogens with one attached hydrogen (secondary N) is 1. The first-order valence-corrected chi connectivity index (χ1v) is 5.89. The summed E-state index contributed by atoms with van der Waals surface area (Å²) in [7, 11) is 0. The minimum absolute atomic E-state index is 0.0212. The molecule has 0 atom stereocenters. The smallest absolute Gasteiger partial charge is 0.325 e. The van der Waals surface area contributed by atoms with E-state index in [1.54, 1.807) is 0 Å². The molecule has 0 saturated carbocycles. The molecule has 0 unspecified atom stereocenters. The summed E-state index contributed by atoms with van der Waals surface area (Å²) in [6.07, 6.45) is 1.45. The molecule has 110 valence electrons. The highest BCUT2D eigenvalue weighted by Gasteiger charge is 2.10. The first kappa shape index (κ1) is 14.4. The molecule has 2 rings (SSSR count). The minimum Gasteiger partial charge on any atom is -0.480 e. The second-order valence-electron chi connectivity index (χ2n) is 4.21. The van der Waals surface area contributed by atoms with Crippen LogP contribution in [0.1, 0.15) is 16.1 Å². The highest BCUT2D eigenvalue weighted by molar-refractivity contribution is 5.98. The molecule has 0 aliphatic heterocycles. The normalized spacial score (nSPS) is 10.3. The number of aromatic nitrogens is 3. The van der Waals surface area contributed by atoms with Crippen molar-refractivity contribution in [1.29, 1.82) is 0 Å². The van der Waals surface area contributed by atoms with E-state index in [-0.39, 0.29) is 18.7 Å². The summed E-state index contributed by atoms with van der Waals surface area (Å²) in [6.45, 7) is -0.110. The fourth-order valence-corrected chi connectivity index (χ4v) is 1.70. The van der Waals surface area contributed by atoms with Gasteiger partial charge >= 0.3 is 5.97 Å². The molecule has 0 spiro atoms. The maximum absolute atomic E-state index is 13.1. The van der Waals surface area contributed by atoms with E-state index in [1.165, 1.54) is 23.0 Å². The van der Waals surface area contributed by atoms with Gasteiger partial charge in [-0.15, -0.1) is 5.10 Å². The number of hydrogen-bond donors (Lipinski definition) is 3. The third-order valence-corrected chi connectivity index (χ3v) is 2.59. The van der Waals surface area contributed by atoms with Crippen molar-refractivity contribution in [3.05, 3.63) is 41.5 Å². The Morgan fingerprint density at radius 1 is 1.43 bits per heavy atom. The van der Waals surface area contributed by atoms with Gasteiger partial charge in [-0.2, -0.15) is 0 Å². The predicted octanol–water partition coefficient (Wildman–Crippen LogP) is 0.213. The molecule has 0 saturated heterocycles. The van der Waals surface area contributed by atoms with Crippen molar-refractivity contribution >= 4 is 17.6 Å². The number of halogens is 1. The lowest BCUT2D eigenvalue weighted by molar-refractivity contribution is -0.137. The van der Waals surface area contributed by atoms with Gasteiger partial charge in [0, 0.05) is 5.69 Å². The molecule has 1 aromatic carbocycles. The Balaban J connectivity index is 2.08. The molecule has 4 N–H and O–H groups in total. The Labute approximate surface area is 118 Å². The predicted molar refractivity (Wildman–Crippen MR) is 69.9 cm³/mol. The van der Waals surface area contributed by atoms with E-state index in [0.29, 0.717) is 11.4 Å². The Hall–Kier alpha value is -2.97. The first-order chi connectivity index (χ1) is 9.95. The van der Waals surface area contributed by atoms with E-state index in [4.69, 9.17) is 10.8 Å². The van der Waals surface area contributed by atoms with Crippen molar-refractivity contribution in [1.82, 2.24) is 15.0 Å². The van der Waals surface area contributed by atoms with Crippen molar-refractivity contribution < 1.29 is 19.1 Å². The summed E-state index contributed by atoms with van der Waals surface area (Å²) < 4.78 is 14.2. The summed E-state index contributed by atoms with van der Waals surface area (Å²) >= 11 is 0.